The van der Waals surface area contributed by atoms with Crippen LogP contribution in [-0.4, -0.2) is 9.97 Å². The maximum absolute atomic E-state index is 5.56. The molecule has 0 saturated carbocycles. The van der Waals surface area contributed by atoms with Crippen molar-refractivity contribution < 1.29 is 0 Å². The van der Waals surface area contributed by atoms with Crippen molar-refractivity contribution in [3.05, 3.63) is 38.9 Å². The molecule has 17 heavy (non-hydrogen) atoms. The van der Waals surface area contributed by atoms with Gasteiger partial charge in [0.25, 0.3) is 0 Å². The molecular weight excluding hydrogens is 348 g/mol. The summed E-state index contributed by atoms with van der Waals surface area (Å²) >= 11 is 6.81. The zero-order valence-corrected chi connectivity index (χ0v) is 12.2. The molecular formula is C11H10Br2N4. The van der Waals surface area contributed by atoms with Gasteiger partial charge in [0.05, 0.1) is 4.47 Å². The van der Waals surface area contributed by atoms with Crippen LogP contribution < -0.4 is 11.1 Å². The van der Waals surface area contributed by atoms with E-state index in [1.54, 1.807) is 6.20 Å². The molecule has 0 amide bonds. The molecule has 4 nitrogen and oxygen atoms in total. The van der Waals surface area contributed by atoms with Gasteiger partial charge in [0.2, 0.25) is 5.95 Å². The molecule has 2 aromatic rings. The lowest BCUT2D eigenvalue weighted by Crippen LogP contribution is -2.01. The molecule has 0 aliphatic carbocycles. The Balaban J connectivity index is 2.37. The summed E-state index contributed by atoms with van der Waals surface area (Å²) in [5, 5.41) is 3.21. The van der Waals surface area contributed by atoms with Gasteiger partial charge in [-0.1, -0.05) is 22.0 Å². The molecule has 0 bridgehead atoms. The molecule has 1 aromatic carbocycles. The second kappa shape index (κ2) is 5.01. The Hall–Kier alpha value is -1.14. The van der Waals surface area contributed by atoms with Crippen molar-refractivity contribution in [1.82, 2.24) is 9.97 Å². The van der Waals surface area contributed by atoms with Gasteiger partial charge in [-0.2, -0.15) is 4.98 Å². The van der Waals surface area contributed by atoms with Gasteiger partial charge >= 0.3 is 0 Å². The summed E-state index contributed by atoms with van der Waals surface area (Å²) in [6, 6.07) is 5.99. The first-order valence-corrected chi connectivity index (χ1v) is 6.46. The molecule has 0 atom stereocenters. The number of halogens is 2. The largest absolute Gasteiger partial charge is 0.368 e. The minimum atomic E-state index is 0.239. The normalized spacial score (nSPS) is 10.3. The van der Waals surface area contributed by atoms with Gasteiger partial charge in [-0.3, -0.25) is 0 Å². The molecule has 1 aromatic heterocycles. The Morgan fingerprint density at radius 3 is 2.82 bits per heavy atom. The van der Waals surface area contributed by atoms with E-state index in [4.69, 9.17) is 5.73 Å². The second-order valence-corrected chi connectivity index (χ2v) is 5.28. The summed E-state index contributed by atoms with van der Waals surface area (Å²) in [6.07, 6.45) is 1.62. The minimum absolute atomic E-state index is 0.239. The van der Waals surface area contributed by atoms with E-state index in [1.807, 2.05) is 25.1 Å². The van der Waals surface area contributed by atoms with Crippen LogP contribution in [0.1, 0.15) is 5.56 Å². The zero-order chi connectivity index (χ0) is 12.4. The quantitative estimate of drug-likeness (QED) is 0.861. The Morgan fingerprint density at radius 2 is 2.06 bits per heavy atom. The molecule has 0 radical (unpaired) electrons. The van der Waals surface area contributed by atoms with Crippen molar-refractivity contribution in [3.63, 3.8) is 0 Å². The van der Waals surface area contributed by atoms with Gasteiger partial charge in [-0.25, -0.2) is 4.98 Å². The lowest BCUT2D eigenvalue weighted by atomic mass is 10.2. The predicted molar refractivity (Wildman–Crippen MR) is 76.3 cm³/mol. The highest BCUT2D eigenvalue weighted by Gasteiger charge is 2.06. The van der Waals surface area contributed by atoms with Gasteiger partial charge in [0.15, 0.2) is 0 Å². The summed E-state index contributed by atoms with van der Waals surface area (Å²) in [4.78, 5) is 8.02. The monoisotopic (exact) mass is 356 g/mol. The van der Waals surface area contributed by atoms with Crippen LogP contribution in [0.4, 0.5) is 17.5 Å². The first-order chi connectivity index (χ1) is 8.06. The minimum Gasteiger partial charge on any atom is -0.368 e. The highest BCUT2D eigenvalue weighted by molar-refractivity contribution is 9.10. The average molecular weight is 358 g/mol. The molecule has 0 aliphatic heterocycles. The third-order valence-electron chi connectivity index (χ3n) is 2.22. The van der Waals surface area contributed by atoms with Crippen LogP contribution >= 0.6 is 31.9 Å². The third kappa shape index (κ3) is 2.95. The number of aromatic nitrogens is 2. The van der Waals surface area contributed by atoms with Crippen LogP contribution in [0.2, 0.25) is 0 Å². The van der Waals surface area contributed by atoms with E-state index < -0.39 is 0 Å². The summed E-state index contributed by atoms with van der Waals surface area (Å²) in [6.45, 7) is 2.02. The van der Waals surface area contributed by atoms with Gasteiger partial charge < -0.3 is 11.1 Å². The fraction of sp³-hybridized carbons (Fsp3) is 0.0909. The molecule has 1 heterocycles. The molecule has 0 saturated heterocycles. The number of nitrogen functional groups attached to an aromatic ring is 1. The lowest BCUT2D eigenvalue weighted by Gasteiger charge is -2.10. The molecule has 2 rings (SSSR count). The molecule has 6 heteroatoms. The second-order valence-electron chi connectivity index (χ2n) is 3.51. The van der Waals surface area contributed by atoms with Gasteiger partial charge in [-0.05, 0) is 40.5 Å². The first-order valence-electron chi connectivity index (χ1n) is 4.87. The lowest BCUT2D eigenvalue weighted by molar-refractivity contribution is 1.17. The fourth-order valence-corrected chi connectivity index (χ4v) is 1.98. The molecule has 0 unspecified atom stereocenters. The van der Waals surface area contributed by atoms with Gasteiger partial charge in [0.1, 0.15) is 5.82 Å². The average Bonchev–Trinajstić information content (AvgIpc) is 2.28. The number of nitrogens with zero attached hydrogens (tertiary/aromatic N) is 2. The number of benzene rings is 1. The van der Waals surface area contributed by atoms with Crippen LogP contribution in [0.25, 0.3) is 0 Å². The van der Waals surface area contributed by atoms with Crippen molar-refractivity contribution >= 4 is 49.3 Å². The maximum Gasteiger partial charge on any atom is 0.222 e. The van der Waals surface area contributed by atoms with E-state index in [0.717, 1.165) is 20.2 Å². The summed E-state index contributed by atoms with van der Waals surface area (Å²) in [5.41, 5.74) is 7.65. The topological polar surface area (TPSA) is 63.8 Å². The molecule has 88 valence electrons. The maximum atomic E-state index is 5.56. The number of rotatable bonds is 2. The Bertz CT molecular complexity index is 508. The van der Waals surface area contributed by atoms with Gasteiger partial charge in [0, 0.05) is 16.4 Å². The van der Waals surface area contributed by atoms with Crippen molar-refractivity contribution in [2.75, 3.05) is 11.1 Å². The molecule has 0 fully saturated rings. The van der Waals surface area contributed by atoms with E-state index in [0.29, 0.717) is 5.82 Å². The fourth-order valence-electron chi connectivity index (χ4n) is 1.32. The van der Waals surface area contributed by atoms with Crippen molar-refractivity contribution in [2.45, 2.75) is 6.92 Å². The SMILES string of the molecule is Cc1ccc(Br)cc1Nc1nc(N)ncc1Br. The predicted octanol–water partition coefficient (Wildman–Crippen LogP) is 3.64. The standard InChI is InChI=1S/C11H10Br2N4/c1-6-2-3-7(12)4-9(6)16-10-8(13)5-15-11(14)17-10/h2-5H,1H3,(H3,14,15,16,17). The number of hydrogen-bond donors (Lipinski definition) is 2. The van der Waals surface area contributed by atoms with E-state index >= 15 is 0 Å². The van der Waals surface area contributed by atoms with Crippen molar-refractivity contribution in [1.29, 1.82) is 0 Å². The first kappa shape index (κ1) is 12.3. The third-order valence-corrected chi connectivity index (χ3v) is 3.29. The molecule has 0 spiro atoms. The number of nitrogens with one attached hydrogen (secondary N) is 1. The highest BCUT2D eigenvalue weighted by Crippen LogP contribution is 2.27. The number of nitrogens with two attached hydrogens (primary N) is 1. The van der Waals surface area contributed by atoms with Crippen molar-refractivity contribution in [2.24, 2.45) is 0 Å². The molecule has 3 N–H and O–H groups in total. The Labute approximate surface area is 116 Å². The number of anilines is 3. The van der Waals surface area contributed by atoms with E-state index in [2.05, 4.69) is 47.1 Å². The van der Waals surface area contributed by atoms with Crippen LogP contribution in [0.3, 0.4) is 0 Å². The van der Waals surface area contributed by atoms with Gasteiger partial charge in [-0.15, -0.1) is 0 Å². The number of hydrogen-bond acceptors (Lipinski definition) is 4. The Morgan fingerprint density at radius 1 is 1.29 bits per heavy atom. The van der Waals surface area contributed by atoms with Crippen LogP contribution in [0.5, 0.6) is 0 Å². The molecule has 0 aliphatic rings. The van der Waals surface area contributed by atoms with Crippen LogP contribution in [-0.2, 0) is 0 Å². The summed E-state index contributed by atoms with van der Waals surface area (Å²) in [5.74, 6) is 0.891. The summed E-state index contributed by atoms with van der Waals surface area (Å²) in [7, 11) is 0. The van der Waals surface area contributed by atoms with Crippen LogP contribution in [0, 0.1) is 6.92 Å². The van der Waals surface area contributed by atoms with E-state index in [1.165, 1.54) is 0 Å². The smallest absolute Gasteiger partial charge is 0.222 e. The van der Waals surface area contributed by atoms with Crippen LogP contribution in [0.15, 0.2) is 33.3 Å². The van der Waals surface area contributed by atoms with Crippen molar-refractivity contribution in [3.8, 4) is 0 Å². The number of aryl methyl sites for hydroxylation is 1. The van der Waals surface area contributed by atoms with E-state index in [9.17, 15) is 0 Å². The van der Waals surface area contributed by atoms with E-state index in [-0.39, 0.29) is 5.95 Å². The Kier molecular flexibility index (Phi) is 3.63. The highest BCUT2D eigenvalue weighted by atomic mass is 79.9. The zero-order valence-electron chi connectivity index (χ0n) is 9.04. The summed E-state index contributed by atoms with van der Waals surface area (Å²) < 4.78 is 1.77.